The second kappa shape index (κ2) is 39.2. The number of aliphatic hydroxyl groups excluding tert-OH is 2. The fraction of sp³-hybridized carbons (Fsp3) is 0.154. The molecule has 0 fully saturated rings. The number of nitrogens with two attached hydrogens (primary N) is 1. The molecule has 0 aliphatic carbocycles. The van der Waals surface area contributed by atoms with E-state index in [0.29, 0.717) is 94.2 Å². The number of amides is 1. The maximum absolute atomic E-state index is 15.0. The molecular weight excluding hydrogens is 1770 g/mol. The minimum absolute atomic E-state index is 0.0528. The summed E-state index contributed by atoms with van der Waals surface area (Å²) in [4.78, 5) is 84.0. The van der Waals surface area contributed by atoms with Crippen molar-refractivity contribution in [2.45, 2.75) is 91.8 Å². The first-order valence-electron chi connectivity index (χ1n) is 38.0. The Kier molecular flexibility index (Phi) is 28.4. The Morgan fingerprint density at radius 2 is 0.772 bits per heavy atom. The molecule has 127 heavy (non-hydrogen) atoms. The van der Waals surface area contributed by atoms with Gasteiger partial charge in [0.05, 0.1) is 111 Å². The first kappa shape index (κ1) is 92.0. The van der Waals surface area contributed by atoms with Crippen LogP contribution in [0.15, 0.2) is 231 Å². The quantitative estimate of drug-likeness (QED) is 0.0615. The lowest BCUT2D eigenvalue weighted by atomic mass is 9.86. The van der Waals surface area contributed by atoms with Gasteiger partial charge in [0.1, 0.15) is 58.9 Å². The summed E-state index contributed by atoms with van der Waals surface area (Å²) in [7, 11) is 0. The minimum Gasteiger partial charge on any atom is -0.392 e. The molecule has 0 spiro atoms. The molecule has 1 amide bonds. The molecule has 8 aromatic heterocycles. The van der Waals surface area contributed by atoms with Gasteiger partial charge in [0, 0.05) is 61.0 Å². The smallest absolute Gasteiger partial charge is 0.282 e. The number of benzene rings is 8. The van der Waals surface area contributed by atoms with Crippen LogP contribution in [0.25, 0.3) is 72.1 Å². The van der Waals surface area contributed by atoms with Gasteiger partial charge in [-0.2, -0.15) is 75.9 Å². The predicted octanol–water partition coefficient (Wildman–Crippen LogP) is 14.7. The zero-order chi connectivity index (χ0) is 92.1. The van der Waals surface area contributed by atoms with Crippen LogP contribution in [-0.2, 0) is 29.5 Å². The zero-order valence-corrected chi connectivity index (χ0v) is 72.0. The summed E-state index contributed by atoms with van der Waals surface area (Å²) in [5.41, 5.74) is 10.1. The average Bonchev–Trinajstić information content (AvgIpc) is 1.46. The molecule has 638 valence electrons. The van der Waals surface area contributed by atoms with Crippen molar-refractivity contribution < 1.29 is 47.0 Å². The Morgan fingerprint density at radius 3 is 1.09 bits per heavy atom. The average molecular weight is 1840 g/mol. The number of rotatable bonds is 13. The summed E-state index contributed by atoms with van der Waals surface area (Å²) in [6.07, 6.45) is 13.9. The highest BCUT2D eigenvalue weighted by Crippen LogP contribution is 2.33. The number of H-pyrrole nitrogens is 1. The molecule has 0 atom stereocenters. The third kappa shape index (κ3) is 20.3. The van der Waals surface area contributed by atoms with E-state index in [1.165, 1.54) is 98.2 Å². The maximum Gasteiger partial charge on any atom is 0.282 e. The molecule has 36 heteroatoms. The number of aldehydes is 3. The lowest BCUT2D eigenvalue weighted by molar-refractivity contribution is 0.0993. The fourth-order valence-corrected chi connectivity index (χ4v) is 13.6. The molecule has 16 rings (SSSR count). The van der Waals surface area contributed by atoms with Crippen molar-refractivity contribution in [2.75, 3.05) is 0 Å². The third-order valence-electron chi connectivity index (χ3n) is 19.4. The van der Waals surface area contributed by atoms with E-state index in [4.69, 9.17) is 26.8 Å². The SMILES string of the molecule is CC(C)(C)c1cc(F)c2c(=O)n(-c3cccc(-n4ccc(C#N)n4)c3C=O)ncc2c1.CC(C)(C)c1cc(F)c2c(=O)n(-c3cccc(-n4ccc(C#N)n4)c3CO)ncc2c1.CC(C)(C)c1cc(F)c2c(=O)n(-c3cccc(-n4ccc(C(N)=O)n4)c3CO)ncc2c1.N#Cc1ccn(-c2cccc(Br)c2C=O)n1.N#Cc1ccn[nH]1.O=Cc1c(F)cccc1Br. The molecule has 0 aliphatic heterocycles. The summed E-state index contributed by atoms with van der Waals surface area (Å²) in [5.74, 6) is -3.07. The number of nitriles is 4. The number of aromatic nitrogens is 16. The molecule has 0 aliphatic rings. The van der Waals surface area contributed by atoms with Gasteiger partial charge >= 0.3 is 0 Å². The molecule has 0 bridgehead atoms. The van der Waals surface area contributed by atoms with Crippen LogP contribution in [0, 0.1) is 68.6 Å². The van der Waals surface area contributed by atoms with Crippen LogP contribution < -0.4 is 22.4 Å². The summed E-state index contributed by atoms with van der Waals surface area (Å²) < 4.78 is 67.5. The van der Waals surface area contributed by atoms with Crippen LogP contribution in [-0.4, -0.2) is 114 Å². The standard InChI is InChI=1S/C23H22FN5O3.C23H20FN5O2.C23H18FN5O2.C11H6BrN3O.C7H4BrFO.C4H3N3/c1-23(2,3)14-9-13-11-26-29(22(32)20(13)16(24)10-14)19-6-4-5-18(15(19)12-30)28-8-7-17(27-28)21(25)31;2*1-23(2,3)15-9-14-12-26-29(22(31)21(14)18(24)10-15)20-6-4-5-19(17(20)13-30)28-8-7-16(11-25)27-28;12-10-2-1-3-11(9(10)7-16)15-5-4-8(6-13)14-15;8-6-2-1-3-7(9)5(6)4-10;5-3-4-1-2-6-7-4/h4-11,30H,12H2,1-3H3,(H2,25,31);4-10,12,30H,13H2,1-3H3;4-10,12-13H,1-3H3;1-5,7H;1-4H;1-2H,(H,6,7). The number of aliphatic hydroxyl groups is 2. The van der Waals surface area contributed by atoms with Crippen LogP contribution in [0.2, 0.25) is 0 Å². The van der Waals surface area contributed by atoms with Crippen molar-refractivity contribution in [3.63, 3.8) is 0 Å². The van der Waals surface area contributed by atoms with E-state index in [2.05, 4.69) is 77.7 Å². The molecule has 0 saturated carbocycles. The van der Waals surface area contributed by atoms with Gasteiger partial charge in [0.15, 0.2) is 35.9 Å². The van der Waals surface area contributed by atoms with E-state index in [-0.39, 0.29) is 72.0 Å². The Morgan fingerprint density at radius 1 is 0.433 bits per heavy atom. The number of nitrogens with zero attached hydrogens (tertiary/aromatic N) is 19. The number of carbonyl (C=O) groups is 4. The van der Waals surface area contributed by atoms with Crippen molar-refractivity contribution >= 4 is 88.9 Å². The highest BCUT2D eigenvalue weighted by Gasteiger charge is 2.26. The van der Waals surface area contributed by atoms with Gasteiger partial charge in [-0.15, -0.1) is 0 Å². The van der Waals surface area contributed by atoms with Crippen molar-refractivity contribution in [1.82, 2.24) is 78.7 Å². The fourth-order valence-electron chi connectivity index (χ4n) is 12.8. The number of hydrogen-bond acceptors (Lipinski definition) is 21. The first-order valence-corrected chi connectivity index (χ1v) is 39.6. The Balaban J connectivity index is 0.000000157. The van der Waals surface area contributed by atoms with Crippen LogP contribution in [0.1, 0.15) is 154 Å². The highest BCUT2D eigenvalue weighted by atomic mass is 79.9. The van der Waals surface area contributed by atoms with Crippen LogP contribution >= 0.6 is 31.9 Å². The lowest BCUT2D eigenvalue weighted by Gasteiger charge is -2.20. The molecule has 0 saturated heterocycles. The lowest BCUT2D eigenvalue weighted by Crippen LogP contribution is -2.24. The van der Waals surface area contributed by atoms with Crippen LogP contribution in [0.5, 0.6) is 0 Å². The van der Waals surface area contributed by atoms with Crippen molar-refractivity contribution in [3.05, 3.63) is 344 Å². The first-order chi connectivity index (χ1) is 60.5. The van der Waals surface area contributed by atoms with Gasteiger partial charge in [-0.3, -0.25) is 38.7 Å². The summed E-state index contributed by atoms with van der Waals surface area (Å²) in [5, 5.41) is 90.9. The summed E-state index contributed by atoms with van der Waals surface area (Å²) >= 11 is 6.33. The van der Waals surface area contributed by atoms with Gasteiger partial charge in [-0.25, -0.2) is 36.3 Å². The number of aromatic amines is 1. The van der Waals surface area contributed by atoms with Gasteiger partial charge in [-0.1, -0.05) is 92.6 Å². The van der Waals surface area contributed by atoms with Crippen LogP contribution in [0.3, 0.4) is 0 Å². The number of nitrogens with one attached hydrogen (secondary N) is 1. The van der Waals surface area contributed by atoms with Gasteiger partial charge in [-0.05, 0) is 192 Å². The van der Waals surface area contributed by atoms with Gasteiger partial charge < -0.3 is 15.9 Å². The van der Waals surface area contributed by atoms with E-state index >= 15 is 0 Å². The van der Waals surface area contributed by atoms with E-state index in [1.807, 2.05) is 86.6 Å². The summed E-state index contributed by atoms with van der Waals surface area (Å²) in [6.45, 7) is 16.8. The number of fused-ring (bicyclic) bond motifs is 3. The number of primary amides is 1. The van der Waals surface area contributed by atoms with Gasteiger partial charge in [0.25, 0.3) is 22.6 Å². The Labute approximate surface area is 736 Å². The highest BCUT2D eigenvalue weighted by molar-refractivity contribution is 9.10. The van der Waals surface area contributed by atoms with E-state index in [1.54, 1.807) is 128 Å². The second-order valence-electron chi connectivity index (χ2n) is 30.7. The monoisotopic (exact) mass is 1840 g/mol. The Bertz CT molecular complexity index is 7290. The van der Waals surface area contributed by atoms with E-state index in [9.17, 15) is 61.3 Å². The second-order valence-corrected chi connectivity index (χ2v) is 32.4. The topological polar surface area (TPSA) is 435 Å². The molecule has 0 radical (unpaired) electrons. The number of hydrogen-bond donors (Lipinski definition) is 4. The third-order valence-corrected chi connectivity index (χ3v) is 20.8. The minimum atomic E-state index is -0.692. The molecule has 30 nitrogen and oxygen atoms in total. The van der Waals surface area contributed by atoms with Crippen molar-refractivity contribution in [2.24, 2.45) is 5.73 Å². The van der Waals surface area contributed by atoms with Crippen molar-refractivity contribution in [3.8, 4) is 64.1 Å². The normalized spacial score (nSPS) is 11.0. The number of carbonyl (C=O) groups excluding carboxylic acids is 4. The predicted molar refractivity (Wildman–Crippen MR) is 469 cm³/mol. The van der Waals surface area contributed by atoms with Crippen molar-refractivity contribution in [1.29, 1.82) is 21.0 Å². The molecule has 16 aromatic rings. The molecule has 5 N–H and O–H groups in total. The molecular formula is C91H73Br2F4N21O9. The molecule has 8 heterocycles. The molecule has 0 unspecified atom stereocenters. The summed E-state index contributed by atoms with van der Waals surface area (Å²) in [6, 6.07) is 49.2. The Hall–Kier alpha value is -15.7. The van der Waals surface area contributed by atoms with E-state index < -0.39 is 59.1 Å². The van der Waals surface area contributed by atoms with Crippen LogP contribution in [0.4, 0.5) is 17.6 Å². The number of halogens is 6. The maximum atomic E-state index is 15.0. The van der Waals surface area contributed by atoms with Gasteiger partial charge in [0.2, 0.25) is 0 Å². The van der Waals surface area contributed by atoms with E-state index in [0.717, 1.165) is 37.0 Å². The largest absolute Gasteiger partial charge is 0.392 e. The molecule has 8 aromatic carbocycles. The zero-order valence-electron chi connectivity index (χ0n) is 68.9.